The van der Waals surface area contributed by atoms with Gasteiger partial charge < -0.3 is 9.64 Å². The van der Waals surface area contributed by atoms with Crippen LogP contribution in [0.2, 0.25) is 0 Å². The van der Waals surface area contributed by atoms with E-state index in [1.807, 2.05) is 0 Å². The molecule has 2 aliphatic heterocycles. The number of likely N-dealkylation sites (tertiary alicyclic amines) is 1. The van der Waals surface area contributed by atoms with E-state index in [0.717, 1.165) is 19.6 Å². The highest BCUT2D eigenvalue weighted by Gasteiger charge is 2.31. The van der Waals surface area contributed by atoms with Crippen LogP contribution in [0, 0.1) is 11.8 Å². The van der Waals surface area contributed by atoms with Gasteiger partial charge in [-0.3, -0.25) is 4.79 Å². The summed E-state index contributed by atoms with van der Waals surface area (Å²) in [6.45, 7) is 6.45. The normalized spacial score (nSPS) is 23.0. The smallest absolute Gasteiger partial charge is 0.308 e. The second kappa shape index (κ2) is 8.41. The van der Waals surface area contributed by atoms with Gasteiger partial charge in [0.15, 0.2) is 0 Å². The Morgan fingerprint density at radius 1 is 1.22 bits per heavy atom. The lowest BCUT2D eigenvalue weighted by atomic mass is 9.99. The maximum atomic E-state index is 12.4. The van der Waals surface area contributed by atoms with Crippen molar-refractivity contribution in [2.24, 2.45) is 11.8 Å². The Bertz CT molecular complexity index is 483. The minimum atomic E-state index is -3.46. The third-order valence-electron chi connectivity index (χ3n) is 4.71. The highest BCUT2D eigenvalue weighted by Crippen LogP contribution is 2.20. The Kier molecular flexibility index (Phi) is 6.82. The maximum absolute atomic E-state index is 12.4. The van der Waals surface area contributed by atoms with Crippen LogP contribution in [-0.2, 0) is 19.7 Å². The second-order valence-electron chi connectivity index (χ2n) is 6.66. The number of ether oxygens (including phenoxy) is 1. The molecule has 7 nitrogen and oxygen atoms in total. The van der Waals surface area contributed by atoms with Crippen molar-refractivity contribution in [3.8, 4) is 0 Å². The molecule has 0 aliphatic carbocycles. The molecule has 0 bridgehead atoms. The highest BCUT2D eigenvalue weighted by molar-refractivity contribution is 7.87. The average Bonchev–Trinajstić information content (AvgIpc) is 3.05. The molecule has 0 spiro atoms. The molecule has 1 unspecified atom stereocenters. The molecule has 2 fully saturated rings. The summed E-state index contributed by atoms with van der Waals surface area (Å²) >= 11 is 0. The van der Waals surface area contributed by atoms with Crippen molar-refractivity contribution in [1.82, 2.24) is 13.9 Å². The van der Waals surface area contributed by atoms with Crippen molar-refractivity contribution in [2.45, 2.75) is 32.6 Å². The second-order valence-corrected chi connectivity index (χ2v) is 8.42. The fourth-order valence-electron chi connectivity index (χ4n) is 3.31. The van der Waals surface area contributed by atoms with Gasteiger partial charge >= 0.3 is 5.97 Å². The minimum absolute atomic E-state index is 0.180. The number of nitrogens with zero attached hydrogens (tertiary/aromatic N) is 2. The van der Waals surface area contributed by atoms with Gasteiger partial charge in [0, 0.05) is 26.2 Å². The molecular formula is C15H29N3O4S. The average molecular weight is 347 g/mol. The van der Waals surface area contributed by atoms with Crippen molar-refractivity contribution >= 4 is 16.2 Å². The van der Waals surface area contributed by atoms with E-state index in [4.69, 9.17) is 4.74 Å². The fourth-order valence-corrected chi connectivity index (χ4v) is 4.68. The summed E-state index contributed by atoms with van der Waals surface area (Å²) in [4.78, 5) is 13.9. The molecule has 0 aromatic carbocycles. The van der Waals surface area contributed by atoms with E-state index in [1.54, 1.807) is 0 Å². The number of rotatable bonds is 7. The molecule has 2 saturated heterocycles. The first-order valence-corrected chi connectivity index (χ1v) is 9.91. The lowest BCUT2D eigenvalue weighted by molar-refractivity contribution is -0.146. The van der Waals surface area contributed by atoms with Crippen LogP contribution in [0.1, 0.15) is 32.6 Å². The molecule has 2 aliphatic rings. The predicted octanol–water partition coefficient (Wildman–Crippen LogP) is 0.438. The first kappa shape index (κ1) is 18.6. The predicted molar refractivity (Wildman–Crippen MR) is 88.1 cm³/mol. The molecule has 1 atom stereocenters. The Morgan fingerprint density at radius 2 is 1.83 bits per heavy atom. The minimum Gasteiger partial charge on any atom is -0.469 e. The van der Waals surface area contributed by atoms with E-state index >= 15 is 0 Å². The van der Waals surface area contributed by atoms with Gasteiger partial charge in [0.2, 0.25) is 0 Å². The zero-order valence-electron chi connectivity index (χ0n) is 14.2. The Morgan fingerprint density at radius 3 is 2.39 bits per heavy atom. The number of hydrogen-bond acceptors (Lipinski definition) is 5. The van der Waals surface area contributed by atoms with E-state index in [2.05, 4.69) is 16.5 Å². The quantitative estimate of drug-likeness (QED) is 0.676. The Balaban J connectivity index is 1.74. The van der Waals surface area contributed by atoms with Crippen LogP contribution in [0.3, 0.4) is 0 Å². The van der Waals surface area contributed by atoms with Gasteiger partial charge in [-0.15, -0.1) is 0 Å². The lowest BCUT2D eigenvalue weighted by Gasteiger charge is -2.30. The number of carbonyl (C=O) groups excluding carboxylic acids is 1. The SMILES string of the molecule is COC(=O)C1CCN(S(=O)(=O)NCC(C)CN2CCCC2)CC1. The molecule has 0 aromatic heterocycles. The zero-order valence-corrected chi connectivity index (χ0v) is 15.0. The molecule has 2 rings (SSSR count). The van der Waals surface area contributed by atoms with E-state index in [9.17, 15) is 13.2 Å². The van der Waals surface area contributed by atoms with Crippen molar-refractivity contribution in [1.29, 1.82) is 0 Å². The summed E-state index contributed by atoms with van der Waals surface area (Å²) in [6.07, 6.45) is 3.54. The van der Waals surface area contributed by atoms with Gasteiger partial charge in [-0.1, -0.05) is 6.92 Å². The number of carbonyl (C=O) groups is 1. The van der Waals surface area contributed by atoms with E-state index in [1.165, 1.54) is 24.3 Å². The van der Waals surface area contributed by atoms with Crippen LogP contribution < -0.4 is 4.72 Å². The van der Waals surface area contributed by atoms with E-state index in [-0.39, 0.29) is 17.8 Å². The van der Waals surface area contributed by atoms with Gasteiger partial charge in [0.05, 0.1) is 13.0 Å². The standard InChI is InChI=1S/C15H29N3O4S/c1-13(12-17-7-3-4-8-17)11-16-23(20,21)18-9-5-14(6-10-18)15(19)22-2/h13-14,16H,3-12H2,1-2H3. The van der Waals surface area contributed by atoms with E-state index in [0.29, 0.717) is 32.5 Å². The summed E-state index contributed by atoms with van der Waals surface area (Å²) in [6, 6.07) is 0. The molecule has 23 heavy (non-hydrogen) atoms. The molecule has 8 heteroatoms. The van der Waals surface area contributed by atoms with Gasteiger partial charge in [-0.25, -0.2) is 4.72 Å². The van der Waals surface area contributed by atoms with Gasteiger partial charge in [0.1, 0.15) is 0 Å². The number of esters is 1. The topological polar surface area (TPSA) is 78.9 Å². The lowest BCUT2D eigenvalue weighted by Crippen LogP contribution is -2.47. The third kappa shape index (κ3) is 5.41. The molecular weight excluding hydrogens is 318 g/mol. The van der Waals surface area contributed by atoms with Gasteiger partial charge in [0.25, 0.3) is 10.2 Å². The largest absolute Gasteiger partial charge is 0.469 e. The van der Waals surface area contributed by atoms with Crippen LogP contribution in [-0.4, -0.2) is 70.0 Å². The Hall–Kier alpha value is -0.700. The van der Waals surface area contributed by atoms with Crippen LogP contribution in [0.25, 0.3) is 0 Å². The molecule has 0 aromatic rings. The molecule has 134 valence electrons. The Labute approximate surface area is 139 Å². The molecule has 1 N–H and O–H groups in total. The number of methoxy groups -OCH3 is 1. The van der Waals surface area contributed by atoms with Crippen LogP contribution in [0.5, 0.6) is 0 Å². The monoisotopic (exact) mass is 347 g/mol. The van der Waals surface area contributed by atoms with Gasteiger partial charge in [-0.05, 0) is 44.7 Å². The van der Waals surface area contributed by atoms with Crippen LogP contribution >= 0.6 is 0 Å². The molecule has 0 saturated carbocycles. The molecule has 0 radical (unpaired) electrons. The van der Waals surface area contributed by atoms with Gasteiger partial charge in [-0.2, -0.15) is 12.7 Å². The molecule has 2 heterocycles. The first-order valence-electron chi connectivity index (χ1n) is 8.47. The summed E-state index contributed by atoms with van der Waals surface area (Å²) in [5.74, 6) is -0.134. The fraction of sp³-hybridized carbons (Fsp3) is 0.933. The summed E-state index contributed by atoms with van der Waals surface area (Å²) in [7, 11) is -2.09. The van der Waals surface area contributed by atoms with Crippen molar-refractivity contribution in [2.75, 3.05) is 46.4 Å². The van der Waals surface area contributed by atoms with Crippen molar-refractivity contribution < 1.29 is 17.9 Å². The number of nitrogens with one attached hydrogen (secondary N) is 1. The van der Waals surface area contributed by atoms with Crippen molar-refractivity contribution in [3.05, 3.63) is 0 Å². The van der Waals surface area contributed by atoms with Crippen molar-refractivity contribution in [3.63, 3.8) is 0 Å². The summed E-state index contributed by atoms with van der Waals surface area (Å²) in [5, 5.41) is 0. The third-order valence-corrected chi connectivity index (χ3v) is 6.29. The molecule has 0 amide bonds. The van der Waals surface area contributed by atoms with Crippen LogP contribution in [0.4, 0.5) is 0 Å². The highest BCUT2D eigenvalue weighted by atomic mass is 32.2. The summed E-state index contributed by atoms with van der Waals surface area (Å²) < 4.78 is 33.6. The summed E-state index contributed by atoms with van der Waals surface area (Å²) in [5.41, 5.74) is 0. The van der Waals surface area contributed by atoms with E-state index < -0.39 is 10.2 Å². The zero-order chi connectivity index (χ0) is 16.9. The van der Waals surface area contributed by atoms with Crippen LogP contribution in [0.15, 0.2) is 0 Å². The number of piperidine rings is 1. The number of hydrogen-bond donors (Lipinski definition) is 1. The first-order chi connectivity index (χ1) is 10.9. The maximum Gasteiger partial charge on any atom is 0.308 e.